The third-order valence-electron chi connectivity index (χ3n) is 1.60. The van der Waals surface area contributed by atoms with Gasteiger partial charge in [0, 0.05) is 13.0 Å². The van der Waals surface area contributed by atoms with Gasteiger partial charge >= 0.3 is 0 Å². The maximum Gasteiger partial charge on any atom is 0.228 e. The number of halogens is 1. The van der Waals surface area contributed by atoms with Crippen LogP contribution in [0, 0.1) is 6.92 Å². The van der Waals surface area contributed by atoms with Gasteiger partial charge in [-0.05, 0) is 6.92 Å². The van der Waals surface area contributed by atoms with Crippen LogP contribution in [0.3, 0.4) is 0 Å². The average molecular weight is 337 g/mol. The Kier molecular flexibility index (Phi) is 7.52. The molecule has 0 saturated heterocycles. The minimum absolute atomic E-state index is 0. The van der Waals surface area contributed by atoms with Crippen LogP contribution in [0.25, 0.3) is 0 Å². The summed E-state index contributed by atoms with van der Waals surface area (Å²) < 4.78 is 4.92. The van der Waals surface area contributed by atoms with Crippen molar-refractivity contribution in [2.75, 3.05) is 13.1 Å². The lowest BCUT2D eigenvalue weighted by molar-refractivity contribution is 0.376. The normalized spacial score (nSPS) is 10.7. The average Bonchev–Trinajstić information content (AvgIpc) is 2.61. The predicted octanol–water partition coefficient (Wildman–Crippen LogP) is 0.629. The number of nitrogens with two attached hydrogens (primary N) is 1. The summed E-state index contributed by atoms with van der Waals surface area (Å²) in [5.41, 5.74) is 5.55. The highest BCUT2D eigenvalue weighted by molar-refractivity contribution is 14.0. The highest BCUT2D eigenvalue weighted by Gasteiger charge is 2.00. The summed E-state index contributed by atoms with van der Waals surface area (Å²) in [6.07, 6.45) is 2.31. The van der Waals surface area contributed by atoms with Crippen molar-refractivity contribution in [2.24, 2.45) is 10.7 Å². The van der Waals surface area contributed by atoms with Crippen molar-refractivity contribution in [3.63, 3.8) is 0 Å². The molecule has 0 bridgehead atoms. The number of nitrogens with zero attached hydrogens (tertiary/aromatic N) is 3. The molecule has 7 heteroatoms. The fourth-order valence-electron chi connectivity index (χ4n) is 0.946. The van der Waals surface area contributed by atoms with E-state index in [1.807, 2.05) is 0 Å². The van der Waals surface area contributed by atoms with Gasteiger partial charge in [-0.3, -0.25) is 4.99 Å². The van der Waals surface area contributed by atoms with E-state index in [1.165, 1.54) is 0 Å². The molecule has 0 fully saturated rings. The molecule has 16 heavy (non-hydrogen) atoms. The Labute approximate surface area is 111 Å². The second kappa shape index (κ2) is 8.08. The molecule has 1 rings (SSSR count). The van der Waals surface area contributed by atoms with E-state index in [0.29, 0.717) is 37.2 Å². The zero-order valence-electron chi connectivity index (χ0n) is 9.14. The molecule has 0 saturated carbocycles. The number of aromatic nitrogens is 2. The lowest BCUT2D eigenvalue weighted by atomic mass is 10.4. The van der Waals surface area contributed by atoms with Crippen molar-refractivity contribution in [1.82, 2.24) is 15.5 Å². The first-order valence-corrected chi connectivity index (χ1v) is 4.66. The lowest BCUT2D eigenvalue weighted by Crippen LogP contribution is -2.31. The first kappa shape index (κ1) is 14.9. The Bertz CT molecular complexity index is 349. The van der Waals surface area contributed by atoms with E-state index < -0.39 is 0 Å². The van der Waals surface area contributed by atoms with Gasteiger partial charge in [0.05, 0.1) is 6.54 Å². The zero-order chi connectivity index (χ0) is 11.1. The predicted molar refractivity (Wildman–Crippen MR) is 72.8 cm³/mol. The van der Waals surface area contributed by atoms with Crippen LogP contribution in [0.15, 0.2) is 22.2 Å². The van der Waals surface area contributed by atoms with Gasteiger partial charge in [-0.15, -0.1) is 30.6 Å². The molecule has 1 aromatic heterocycles. The van der Waals surface area contributed by atoms with Gasteiger partial charge in [-0.1, -0.05) is 11.2 Å². The molecule has 0 aliphatic carbocycles. The quantitative estimate of drug-likeness (QED) is 0.356. The van der Waals surface area contributed by atoms with Crippen molar-refractivity contribution in [2.45, 2.75) is 13.3 Å². The fourth-order valence-corrected chi connectivity index (χ4v) is 0.946. The third kappa shape index (κ3) is 5.69. The van der Waals surface area contributed by atoms with Crippen LogP contribution < -0.4 is 11.1 Å². The Hall–Kier alpha value is -1.12. The minimum Gasteiger partial charge on any atom is -0.370 e. The van der Waals surface area contributed by atoms with Crippen molar-refractivity contribution in [3.05, 3.63) is 24.4 Å². The molecule has 6 nitrogen and oxygen atoms in total. The lowest BCUT2D eigenvalue weighted by Gasteiger charge is -2.00. The molecule has 1 aromatic rings. The Morgan fingerprint density at radius 2 is 2.44 bits per heavy atom. The summed E-state index contributed by atoms with van der Waals surface area (Å²) in [4.78, 5) is 8.12. The third-order valence-corrected chi connectivity index (χ3v) is 1.60. The summed E-state index contributed by atoms with van der Waals surface area (Å²) in [7, 11) is 0. The van der Waals surface area contributed by atoms with E-state index in [-0.39, 0.29) is 24.0 Å². The van der Waals surface area contributed by atoms with Crippen LogP contribution in [-0.2, 0) is 6.42 Å². The van der Waals surface area contributed by atoms with Crippen molar-refractivity contribution >= 4 is 29.9 Å². The summed E-state index contributed by atoms with van der Waals surface area (Å²) in [5, 5.41) is 6.54. The SMILES string of the molecule is C=CCNC(N)=NCCc1nc(C)no1.I. The highest BCUT2D eigenvalue weighted by atomic mass is 127. The molecule has 3 N–H and O–H groups in total. The van der Waals surface area contributed by atoms with Gasteiger partial charge in [-0.2, -0.15) is 4.98 Å². The summed E-state index contributed by atoms with van der Waals surface area (Å²) in [6.45, 7) is 6.46. The Morgan fingerprint density at radius 3 is 3.00 bits per heavy atom. The van der Waals surface area contributed by atoms with E-state index in [4.69, 9.17) is 10.3 Å². The number of aliphatic imine (C=N–C) groups is 1. The van der Waals surface area contributed by atoms with Crippen LogP contribution in [0.4, 0.5) is 0 Å². The molecule has 0 spiro atoms. The van der Waals surface area contributed by atoms with Crippen LogP contribution in [0.5, 0.6) is 0 Å². The second-order valence-corrected chi connectivity index (χ2v) is 2.92. The number of guanidine groups is 1. The molecular formula is C9H16IN5O. The van der Waals surface area contributed by atoms with Gasteiger partial charge in [0.1, 0.15) is 0 Å². The largest absolute Gasteiger partial charge is 0.370 e. The van der Waals surface area contributed by atoms with Crippen molar-refractivity contribution in [3.8, 4) is 0 Å². The Morgan fingerprint density at radius 1 is 1.69 bits per heavy atom. The molecule has 1 heterocycles. The van der Waals surface area contributed by atoms with Gasteiger partial charge in [0.2, 0.25) is 5.89 Å². The number of hydrogen-bond donors (Lipinski definition) is 2. The van der Waals surface area contributed by atoms with Crippen LogP contribution in [0.2, 0.25) is 0 Å². The van der Waals surface area contributed by atoms with Crippen molar-refractivity contribution < 1.29 is 4.52 Å². The van der Waals surface area contributed by atoms with Crippen LogP contribution >= 0.6 is 24.0 Å². The summed E-state index contributed by atoms with van der Waals surface area (Å²) in [5.74, 6) is 1.60. The van der Waals surface area contributed by atoms with Gasteiger partial charge in [-0.25, -0.2) is 0 Å². The second-order valence-electron chi connectivity index (χ2n) is 2.92. The molecule has 0 radical (unpaired) electrons. The maximum absolute atomic E-state index is 5.55. The molecule has 90 valence electrons. The van der Waals surface area contributed by atoms with Crippen molar-refractivity contribution in [1.29, 1.82) is 0 Å². The maximum atomic E-state index is 5.55. The zero-order valence-corrected chi connectivity index (χ0v) is 11.5. The number of aryl methyl sites for hydroxylation is 1. The van der Waals surface area contributed by atoms with E-state index in [0.717, 1.165) is 0 Å². The van der Waals surface area contributed by atoms with Gasteiger partial charge in [0.25, 0.3) is 0 Å². The topological polar surface area (TPSA) is 89.3 Å². The number of hydrogen-bond acceptors (Lipinski definition) is 4. The smallest absolute Gasteiger partial charge is 0.228 e. The van der Waals surface area contributed by atoms with Crippen LogP contribution in [-0.4, -0.2) is 29.2 Å². The summed E-state index contributed by atoms with van der Waals surface area (Å²) >= 11 is 0. The van der Waals surface area contributed by atoms with E-state index in [2.05, 4.69) is 27.0 Å². The summed E-state index contributed by atoms with van der Waals surface area (Å²) in [6, 6.07) is 0. The molecule has 0 atom stereocenters. The molecule has 0 aromatic carbocycles. The van der Waals surface area contributed by atoms with Gasteiger partial charge in [0.15, 0.2) is 11.8 Å². The highest BCUT2D eigenvalue weighted by Crippen LogP contribution is 1.96. The van der Waals surface area contributed by atoms with Crippen LogP contribution in [0.1, 0.15) is 11.7 Å². The van der Waals surface area contributed by atoms with E-state index >= 15 is 0 Å². The molecule has 0 amide bonds. The molecule has 0 aliphatic heterocycles. The number of rotatable bonds is 5. The molecular weight excluding hydrogens is 321 g/mol. The molecule has 0 unspecified atom stereocenters. The monoisotopic (exact) mass is 337 g/mol. The van der Waals surface area contributed by atoms with E-state index in [9.17, 15) is 0 Å². The van der Waals surface area contributed by atoms with E-state index in [1.54, 1.807) is 13.0 Å². The van der Waals surface area contributed by atoms with Gasteiger partial charge < -0.3 is 15.6 Å². The fraction of sp³-hybridized carbons (Fsp3) is 0.444. The minimum atomic E-state index is 0. The first-order valence-electron chi connectivity index (χ1n) is 4.66. The molecule has 0 aliphatic rings. The first-order chi connectivity index (χ1) is 7.22. The standard InChI is InChI=1S/C9H15N5O.HI/c1-3-5-11-9(10)12-6-4-8-13-7(2)14-15-8;/h3H,1,4-6H2,2H3,(H3,10,11,12);1H. The number of nitrogens with one attached hydrogen (secondary N) is 1. The Balaban J connectivity index is 0.00000225.